The van der Waals surface area contributed by atoms with Crippen molar-refractivity contribution in [1.82, 2.24) is 0 Å². The second-order valence-corrected chi connectivity index (χ2v) is 9.58. The van der Waals surface area contributed by atoms with Crippen molar-refractivity contribution in [2.75, 3.05) is 39.6 Å². The van der Waals surface area contributed by atoms with Crippen LogP contribution in [0.25, 0.3) is 4.85 Å². The lowest BCUT2D eigenvalue weighted by Crippen LogP contribution is -2.47. The first kappa shape index (κ1) is 18.8. The molecule has 0 radical (unpaired) electrons. The Labute approximate surface area is 162 Å². The zero-order valence-corrected chi connectivity index (χ0v) is 17.5. The van der Waals surface area contributed by atoms with Crippen LogP contribution in [-0.2, 0) is 0 Å². The predicted molar refractivity (Wildman–Crippen MR) is 113 cm³/mol. The average Bonchev–Trinajstić information content (AvgIpc) is 2.57. The molecule has 0 saturated heterocycles. The van der Waals surface area contributed by atoms with Gasteiger partial charge in [0, 0.05) is 21.8 Å². The smallest absolute Gasteiger partial charge is 0.310 e. The Balaban J connectivity index is 2.10. The number of fused-ring (bicyclic) bond motifs is 2. The fraction of sp³-hybridized carbons (Fsp3) is 0.409. The van der Waals surface area contributed by atoms with Crippen LogP contribution in [-0.4, -0.2) is 44.8 Å². The molecule has 0 fully saturated rings. The lowest BCUT2D eigenvalue weighted by molar-refractivity contribution is -0.870. The molecule has 1 aliphatic rings. The van der Waals surface area contributed by atoms with E-state index in [2.05, 4.69) is 93.3 Å². The molecule has 0 bridgehead atoms. The summed E-state index contributed by atoms with van der Waals surface area (Å²) in [5.74, 6) is 0. The van der Waals surface area contributed by atoms with Crippen LogP contribution in [0.3, 0.4) is 0 Å². The summed E-state index contributed by atoms with van der Waals surface area (Å²) in [6, 6.07) is 18.3. The lowest BCUT2D eigenvalue weighted by atomic mass is 9.94. The summed E-state index contributed by atoms with van der Waals surface area (Å²) in [5.41, 5.74) is 3.58. The minimum atomic E-state index is -0.000651. The second-order valence-electron chi connectivity index (χ2n) is 8.50. The van der Waals surface area contributed by atoms with E-state index in [0.717, 1.165) is 23.0 Å². The van der Waals surface area contributed by atoms with Crippen LogP contribution >= 0.6 is 11.8 Å². The number of quaternary nitrogens is 1. The minimum Gasteiger partial charge on any atom is -0.334 e. The minimum absolute atomic E-state index is 0.000651. The van der Waals surface area contributed by atoms with E-state index in [1.165, 1.54) is 21.2 Å². The maximum atomic E-state index is 4.08. The first-order valence-electron chi connectivity index (χ1n) is 9.08. The number of hydrogen-bond donors (Lipinski definition) is 0. The van der Waals surface area contributed by atoms with Crippen molar-refractivity contribution in [3.05, 3.63) is 52.9 Å². The van der Waals surface area contributed by atoms with Gasteiger partial charge in [-0.3, -0.25) is 0 Å². The van der Waals surface area contributed by atoms with Gasteiger partial charge in [0.2, 0.25) is 0 Å². The van der Waals surface area contributed by atoms with Gasteiger partial charge in [0.05, 0.1) is 39.1 Å². The van der Waals surface area contributed by atoms with Gasteiger partial charge in [-0.15, -0.1) is 0 Å². The van der Waals surface area contributed by atoms with E-state index in [-0.39, 0.29) is 5.54 Å². The summed E-state index contributed by atoms with van der Waals surface area (Å²) in [5, 5.41) is 0. The second kappa shape index (κ2) is 6.98. The van der Waals surface area contributed by atoms with Gasteiger partial charge in [0.25, 0.3) is 7.05 Å². The molecule has 0 aliphatic carbocycles. The van der Waals surface area contributed by atoms with Gasteiger partial charge in [0.1, 0.15) is 5.56 Å². The highest BCUT2D eigenvalue weighted by Gasteiger charge is 2.35. The van der Waals surface area contributed by atoms with E-state index in [1.54, 1.807) is 7.05 Å². The Morgan fingerprint density at radius 2 is 1.73 bits per heavy atom. The number of benzene rings is 2. The Hall–Kier alpha value is -1.96. The summed E-state index contributed by atoms with van der Waals surface area (Å²) in [6.45, 7) is 5.82. The molecular formula is C22H29N3S+2. The van der Waals surface area contributed by atoms with Crippen LogP contribution in [0.2, 0.25) is 0 Å². The molecule has 0 N–H and O–H groups in total. The summed E-state index contributed by atoms with van der Waals surface area (Å²) < 4.78 is 0.969. The zero-order valence-electron chi connectivity index (χ0n) is 16.7. The summed E-state index contributed by atoms with van der Waals surface area (Å²) in [4.78, 5) is 9.21. The largest absolute Gasteiger partial charge is 0.334 e. The van der Waals surface area contributed by atoms with Gasteiger partial charge >= 0.3 is 6.07 Å². The highest BCUT2D eigenvalue weighted by Crippen LogP contribution is 2.51. The number of hydrogen-bond acceptors (Lipinski definition) is 2. The Kier molecular flexibility index (Phi) is 5.05. The monoisotopic (exact) mass is 367 g/mol. The van der Waals surface area contributed by atoms with Gasteiger partial charge in [-0.2, -0.15) is 0 Å². The van der Waals surface area contributed by atoms with Gasteiger partial charge in [-0.25, -0.2) is 0 Å². The molecule has 0 aromatic heterocycles. The SMILES string of the molecule is C[N+]#Cc1ccc2c(c1)N(C(C)(C)CC[N+](C)(C)C)c1ccccc1S2. The fourth-order valence-corrected chi connectivity index (χ4v) is 4.36. The molecule has 0 saturated carbocycles. The molecule has 1 heterocycles. The molecule has 136 valence electrons. The molecule has 0 spiro atoms. The molecule has 1 aliphatic heterocycles. The molecule has 3 rings (SSSR count). The fourth-order valence-electron chi connectivity index (χ4n) is 3.33. The molecule has 3 nitrogen and oxygen atoms in total. The summed E-state index contributed by atoms with van der Waals surface area (Å²) >= 11 is 1.85. The molecule has 0 amide bonds. The van der Waals surface area contributed by atoms with Gasteiger partial charge in [-0.05, 0) is 44.2 Å². The van der Waals surface area contributed by atoms with Crippen molar-refractivity contribution < 1.29 is 4.48 Å². The summed E-state index contributed by atoms with van der Waals surface area (Å²) in [7, 11) is 8.55. The van der Waals surface area contributed by atoms with E-state index in [9.17, 15) is 0 Å². The molecule has 26 heavy (non-hydrogen) atoms. The van der Waals surface area contributed by atoms with E-state index in [1.807, 2.05) is 11.8 Å². The van der Waals surface area contributed by atoms with Crippen LogP contribution in [0.1, 0.15) is 25.8 Å². The normalized spacial score (nSPS) is 13.5. The maximum absolute atomic E-state index is 4.08. The molecule has 4 heteroatoms. The molecule has 2 aromatic carbocycles. The van der Waals surface area contributed by atoms with Crippen LogP contribution in [0.5, 0.6) is 0 Å². The van der Waals surface area contributed by atoms with E-state index < -0.39 is 0 Å². The number of rotatable bonds is 4. The number of anilines is 2. The topological polar surface area (TPSA) is 7.60 Å². The van der Waals surface area contributed by atoms with Gasteiger partial charge in [0.15, 0.2) is 0 Å². The first-order valence-corrected chi connectivity index (χ1v) is 9.89. The van der Waals surface area contributed by atoms with Crippen molar-refractivity contribution >= 4 is 23.1 Å². The van der Waals surface area contributed by atoms with Crippen molar-refractivity contribution in [1.29, 1.82) is 0 Å². The molecule has 2 aromatic rings. The quantitative estimate of drug-likeness (QED) is 0.661. The zero-order chi connectivity index (χ0) is 18.9. The highest BCUT2D eigenvalue weighted by atomic mass is 32.2. The van der Waals surface area contributed by atoms with Crippen LogP contribution in [0, 0.1) is 6.07 Å². The maximum Gasteiger partial charge on any atom is 0.310 e. The standard InChI is InChI=1S/C22H29N3S/c1-22(2,13-14-25(4,5)6)24-18-9-7-8-10-20(18)26-21-12-11-17(16-23-3)15-19(21)24/h7-12,15H,13-14H2,1-6H3/q+2. The Bertz CT molecular complexity index is 869. The van der Waals surface area contributed by atoms with Crippen molar-refractivity contribution in [2.24, 2.45) is 0 Å². The van der Waals surface area contributed by atoms with Crippen molar-refractivity contribution in [3.8, 4) is 6.07 Å². The van der Waals surface area contributed by atoms with E-state index in [4.69, 9.17) is 0 Å². The third-order valence-corrected chi connectivity index (χ3v) is 5.90. The predicted octanol–water partition coefficient (Wildman–Crippen LogP) is 5.48. The summed E-state index contributed by atoms with van der Waals surface area (Å²) in [6.07, 6.45) is 1.10. The van der Waals surface area contributed by atoms with Gasteiger partial charge < -0.3 is 9.38 Å². The highest BCUT2D eigenvalue weighted by molar-refractivity contribution is 7.99. The van der Waals surface area contributed by atoms with Crippen LogP contribution < -0.4 is 4.90 Å². The van der Waals surface area contributed by atoms with Crippen LogP contribution in [0.15, 0.2) is 52.3 Å². The molecular weight excluding hydrogens is 338 g/mol. The van der Waals surface area contributed by atoms with Crippen LogP contribution in [0.4, 0.5) is 11.4 Å². The van der Waals surface area contributed by atoms with E-state index in [0.29, 0.717) is 0 Å². The average molecular weight is 368 g/mol. The Morgan fingerprint density at radius 3 is 2.42 bits per heavy atom. The number of nitrogens with zero attached hydrogens (tertiary/aromatic N) is 3. The Morgan fingerprint density at radius 1 is 1.04 bits per heavy atom. The van der Waals surface area contributed by atoms with Gasteiger partial charge in [-0.1, -0.05) is 28.7 Å². The van der Waals surface area contributed by atoms with E-state index >= 15 is 0 Å². The lowest BCUT2D eigenvalue weighted by Gasteiger charge is -2.45. The molecule has 0 unspecified atom stereocenters. The van der Waals surface area contributed by atoms with Crippen molar-refractivity contribution in [3.63, 3.8) is 0 Å². The van der Waals surface area contributed by atoms with Crippen molar-refractivity contribution in [2.45, 2.75) is 35.6 Å². The first-order chi connectivity index (χ1) is 12.2. The third-order valence-electron chi connectivity index (χ3n) is 4.77. The third kappa shape index (κ3) is 3.90. The number of para-hydroxylation sites is 1. The molecule has 0 atom stereocenters.